The molecule has 8 heteroatoms. The van der Waals surface area contributed by atoms with Crippen molar-refractivity contribution in [3.05, 3.63) is 23.2 Å². The van der Waals surface area contributed by atoms with Gasteiger partial charge in [0.15, 0.2) is 0 Å². The Kier molecular flexibility index (Phi) is 4.78. The van der Waals surface area contributed by atoms with Crippen molar-refractivity contribution in [1.29, 1.82) is 0 Å². The lowest BCUT2D eigenvalue weighted by molar-refractivity contribution is -0.121. The van der Waals surface area contributed by atoms with Crippen LogP contribution in [0.3, 0.4) is 0 Å². The summed E-state index contributed by atoms with van der Waals surface area (Å²) in [5.74, 6) is 0.249. The van der Waals surface area contributed by atoms with Crippen LogP contribution in [0.5, 0.6) is 5.75 Å². The van der Waals surface area contributed by atoms with Crippen molar-refractivity contribution in [1.82, 2.24) is 5.32 Å². The maximum Gasteiger partial charge on any atom is 0.261 e. The summed E-state index contributed by atoms with van der Waals surface area (Å²) in [6, 6.07) is 4.24. The molecule has 0 aliphatic heterocycles. The molecule has 0 atom stereocenters. The van der Waals surface area contributed by atoms with Gasteiger partial charge in [0, 0.05) is 16.7 Å². The molecular formula is C12H13Cl2NO4S. The molecule has 1 N–H and O–H groups in total. The molecule has 1 saturated carbocycles. The molecule has 2 rings (SSSR count). The van der Waals surface area contributed by atoms with E-state index in [2.05, 4.69) is 5.32 Å². The fraction of sp³-hybridized carbons (Fsp3) is 0.417. The second-order valence-corrected chi connectivity index (χ2v) is 7.44. The van der Waals surface area contributed by atoms with Crippen LogP contribution in [0.25, 0.3) is 0 Å². The van der Waals surface area contributed by atoms with Gasteiger partial charge in [-0.1, -0.05) is 11.6 Å². The molecular weight excluding hydrogens is 325 g/mol. The molecule has 110 valence electrons. The average Bonchev–Trinajstić information content (AvgIpc) is 3.13. The first-order valence-electron chi connectivity index (χ1n) is 6.02. The van der Waals surface area contributed by atoms with Crippen molar-refractivity contribution >= 4 is 37.2 Å². The SMILES string of the molecule is O=C(CCOc1ccc(S(=O)(=O)Cl)cc1Cl)NC1CC1. The summed E-state index contributed by atoms with van der Waals surface area (Å²) >= 11 is 5.90. The van der Waals surface area contributed by atoms with Crippen LogP contribution in [0.15, 0.2) is 23.1 Å². The Morgan fingerprint density at radius 3 is 2.65 bits per heavy atom. The van der Waals surface area contributed by atoms with Gasteiger partial charge in [-0.2, -0.15) is 0 Å². The van der Waals surface area contributed by atoms with E-state index in [1.54, 1.807) is 0 Å². The van der Waals surface area contributed by atoms with Crippen LogP contribution in [0, 0.1) is 0 Å². The van der Waals surface area contributed by atoms with Crippen molar-refractivity contribution in [2.45, 2.75) is 30.2 Å². The lowest BCUT2D eigenvalue weighted by Gasteiger charge is -2.09. The molecule has 1 fully saturated rings. The van der Waals surface area contributed by atoms with Crippen LogP contribution in [-0.2, 0) is 13.8 Å². The number of amides is 1. The van der Waals surface area contributed by atoms with Gasteiger partial charge >= 0.3 is 0 Å². The van der Waals surface area contributed by atoms with Gasteiger partial charge in [0.05, 0.1) is 22.9 Å². The molecule has 5 nitrogen and oxygen atoms in total. The molecule has 0 unspecified atom stereocenters. The zero-order chi connectivity index (χ0) is 14.8. The summed E-state index contributed by atoms with van der Waals surface area (Å²) in [4.78, 5) is 11.3. The number of rotatable bonds is 6. The van der Waals surface area contributed by atoms with E-state index in [1.807, 2.05) is 0 Å². The topological polar surface area (TPSA) is 72.5 Å². The average molecular weight is 338 g/mol. The summed E-state index contributed by atoms with van der Waals surface area (Å²) < 4.78 is 27.6. The molecule has 1 aromatic rings. The predicted octanol–water partition coefficient (Wildman–Crippen LogP) is 2.32. The highest BCUT2D eigenvalue weighted by molar-refractivity contribution is 8.13. The number of hydrogen-bond donors (Lipinski definition) is 1. The molecule has 0 radical (unpaired) electrons. The number of carbonyl (C=O) groups excluding carboxylic acids is 1. The van der Waals surface area contributed by atoms with Gasteiger partial charge < -0.3 is 10.1 Å². The molecule has 20 heavy (non-hydrogen) atoms. The second kappa shape index (κ2) is 6.20. The molecule has 0 saturated heterocycles. The molecule has 0 bridgehead atoms. The number of nitrogens with one attached hydrogen (secondary N) is 1. The Balaban J connectivity index is 1.88. The highest BCUT2D eigenvalue weighted by atomic mass is 35.7. The lowest BCUT2D eigenvalue weighted by atomic mass is 10.3. The highest BCUT2D eigenvalue weighted by Crippen LogP contribution is 2.28. The summed E-state index contributed by atoms with van der Waals surface area (Å²) in [5, 5.41) is 2.97. The standard InChI is InChI=1S/C12H13Cl2NO4S/c13-10-7-9(20(14,17)18)3-4-11(10)19-6-5-12(16)15-8-1-2-8/h3-4,7-8H,1-2,5-6H2,(H,15,16). The largest absolute Gasteiger partial charge is 0.491 e. The lowest BCUT2D eigenvalue weighted by Crippen LogP contribution is -2.26. The van der Waals surface area contributed by atoms with Gasteiger partial charge in [-0.05, 0) is 31.0 Å². The first-order chi connectivity index (χ1) is 9.36. The van der Waals surface area contributed by atoms with E-state index in [0.29, 0.717) is 11.8 Å². The van der Waals surface area contributed by atoms with E-state index in [4.69, 9.17) is 27.0 Å². The van der Waals surface area contributed by atoms with Gasteiger partial charge in [-0.15, -0.1) is 0 Å². The smallest absolute Gasteiger partial charge is 0.261 e. The summed E-state index contributed by atoms with van der Waals surface area (Å²) in [5.41, 5.74) is 0. The van der Waals surface area contributed by atoms with Crippen LogP contribution < -0.4 is 10.1 Å². The van der Waals surface area contributed by atoms with Gasteiger partial charge in [0.2, 0.25) is 5.91 Å². The zero-order valence-corrected chi connectivity index (χ0v) is 12.8. The molecule has 0 heterocycles. The van der Waals surface area contributed by atoms with Crippen LogP contribution in [0.1, 0.15) is 19.3 Å². The molecule has 1 aliphatic rings. The van der Waals surface area contributed by atoms with E-state index >= 15 is 0 Å². The van der Waals surface area contributed by atoms with E-state index in [1.165, 1.54) is 18.2 Å². The third kappa shape index (κ3) is 4.54. The van der Waals surface area contributed by atoms with Crippen molar-refractivity contribution < 1.29 is 17.9 Å². The Bertz CT molecular complexity index is 614. The molecule has 0 spiro atoms. The Hall–Kier alpha value is -0.980. The fourth-order valence-electron chi connectivity index (χ4n) is 1.53. The van der Waals surface area contributed by atoms with Gasteiger partial charge in [0.25, 0.3) is 9.05 Å². The van der Waals surface area contributed by atoms with Gasteiger partial charge in [-0.25, -0.2) is 8.42 Å². The Labute approximate surface area is 126 Å². The Morgan fingerprint density at radius 1 is 1.40 bits per heavy atom. The zero-order valence-electron chi connectivity index (χ0n) is 10.4. The first kappa shape index (κ1) is 15.4. The van der Waals surface area contributed by atoms with Crippen molar-refractivity contribution in [3.63, 3.8) is 0 Å². The molecule has 1 aromatic carbocycles. The van der Waals surface area contributed by atoms with E-state index in [9.17, 15) is 13.2 Å². The van der Waals surface area contributed by atoms with E-state index < -0.39 is 9.05 Å². The summed E-state index contributed by atoms with van der Waals surface area (Å²) in [7, 11) is 1.39. The third-order valence-electron chi connectivity index (χ3n) is 2.71. The second-order valence-electron chi connectivity index (χ2n) is 4.47. The first-order valence-corrected chi connectivity index (χ1v) is 8.71. The van der Waals surface area contributed by atoms with E-state index in [0.717, 1.165) is 12.8 Å². The number of benzene rings is 1. The molecule has 1 amide bonds. The predicted molar refractivity (Wildman–Crippen MR) is 75.8 cm³/mol. The van der Waals surface area contributed by atoms with E-state index in [-0.39, 0.29) is 28.9 Å². The normalized spacial score (nSPS) is 14.9. The van der Waals surface area contributed by atoms with Gasteiger partial charge in [-0.3, -0.25) is 4.79 Å². The minimum Gasteiger partial charge on any atom is -0.491 e. The quantitative estimate of drug-likeness (QED) is 0.808. The number of carbonyl (C=O) groups is 1. The van der Waals surface area contributed by atoms with Crippen LogP contribution in [-0.4, -0.2) is 27.0 Å². The van der Waals surface area contributed by atoms with Gasteiger partial charge in [0.1, 0.15) is 5.75 Å². The summed E-state index contributed by atoms with van der Waals surface area (Å²) in [6.07, 6.45) is 2.29. The highest BCUT2D eigenvalue weighted by Gasteiger charge is 2.23. The van der Waals surface area contributed by atoms with Crippen LogP contribution >= 0.6 is 22.3 Å². The minimum atomic E-state index is -3.81. The van der Waals surface area contributed by atoms with Crippen molar-refractivity contribution in [2.24, 2.45) is 0 Å². The van der Waals surface area contributed by atoms with Crippen LogP contribution in [0.4, 0.5) is 0 Å². The maximum atomic E-state index is 11.4. The van der Waals surface area contributed by atoms with Crippen molar-refractivity contribution in [3.8, 4) is 5.75 Å². The Morgan fingerprint density at radius 2 is 2.10 bits per heavy atom. The third-order valence-corrected chi connectivity index (χ3v) is 4.36. The monoisotopic (exact) mass is 337 g/mol. The van der Waals surface area contributed by atoms with Crippen molar-refractivity contribution in [2.75, 3.05) is 6.61 Å². The van der Waals surface area contributed by atoms with Crippen LogP contribution in [0.2, 0.25) is 5.02 Å². The molecule has 1 aliphatic carbocycles. The summed E-state index contributed by atoms with van der Waals surface area (Å²) in [6.45, 7) is 0.172. The number of halogens is 2. The number of hydrogen-bond acceptors (Lipinski definition) is 4. The number of ether oxygens (including phenoxy) is 1. The fourth-order valence-corrected chi connectivity index (χ4v) is 2.61. The maximum absolute atomic E-state index is 11.4. The minimum absolute atomic E-state index is 0.0661. The molecule has 0 aromatic heterocycles.